The van der Waals surface area contributed by atoms with Crippen molar-refractivity contribution in [1.29, 1.82) is 0 Å². The summed E-state index contributed by atoms with van der Waals surface area (Å²) in [6.45, 7) is 0. The molecule has 18 heavy (non-hydrogen) atoms. The Balaban J connectivity index is 2.26. The molecule has 1 aromatic carbocycles. The average Bonchev–Trinajstić information content (AvgIpc) is 2.22. The summed E-state index contributed by atoms with van der Waals surface area (Å²) in [6.07, 6.45) is 2.47. The van der Waals surface area contributed by atoms with Crippen LogP contribution in [0.2, 0.25) is 0 Å². The number of carbonyl (C=O) groups excluding carboxylic acids is 1. The van der Waals surface area contributed by atoms with E-state index in [9.17, 15) is 17.6 Å². The number of ether oxygens (including phenoxy) is 1. The maximum Gasteiger partial charge on any atom is 0.338 e. The number of carbonyl (C=O) groups is 1. The first-order valence-electron chi connectivity index (χ1n) is 5.33. The Labute approximate surface area is 108 Å². The van der Waals surface area contributed by atoms with Crippen LogP contribution >= 0.6 is 10.7 Å². The minimum atomic E-state index is -4.22. The highest BCUT2D eigenvalue weighted by molar-refractivity contribution is 8.13. The molecule has 1 saturated carbocycles. The van der Waals surface area contributed by atoms with Crippen molar-refractivity contribution < 1.29 is 22.3 Å². The normalized spacial score (nSPS) is 16.1. The lowest BCUT2D eigenvalue weighted by Crippen LogP contribution is -2.25. The van der Waals surface area contributed by atoms with Crippen LogP contribution in [0.25, 0.3) is 0 Å². The van der Waals surface area contributed by atoms with Gasteiger partial charge in [-0.05, 0) is 37.5 Å². The van der Waals surface area contributed by atoms with E-state index in [0.29, 0.717) is 0 Å². The second-order valence-electron chi connectivity index (χ2n) is 4.04. The summed E-state index contributed by atoms with van der Waals surface area (Å²) in [7, 11) is 0.845. The zero-order valence-electron chi connectivity index (χ0n) is 9.23. The van der Waals surface area contributed by atoms with Crippen LogP contribution in [0, 0.1) is 5.82 Å². The summed E-state index contributed by atoms with van der Waals surface area (Å²) >= 11 is 0. The van der Waals surface area contributed by atoms with Gasteiger partial charge in [-0.25, -0.2) is 17.6 Å². The molecule has 0 N–H and O–H groups in total. The minimum absolute atomic E-state index is 0.0254. The van der Waals surface area contributed by atoms with Crippen LogP contribution in [0.5, 0.6) is 0 Å². The lowest BCUT2D eigenvalue weighted by atomic mass is 9.96. The molecule has 1 aliphatic rings. The molecule has 0 amide bonds. The van der Waals surface area contributed by atoms with Crippen LogP contribution in [0.15, 0.2) is 23.1 Å². The molecule has 0 unspecified atom stereocenters. The standard InChI is InChI=1S/C11H10ClFO4S/c12-18(15,16)10-6-7(4-5-9(10)13)11(14)17-8-2-1-3-8/h4-6,8H,1-3H2. The van der Waals surface area contributed by atoms with E-state index in [1.54, 1.807) is 0 Å². The van der Waals surface area contributed by atoms with Crippen molar-refractivity contribution in [2.45, 2.75) is 30.3 Å². The number of benzene rings is 1. The predicted octanol–water partition coefficient (Wildman–Crippen LogP) is 2.46. The van der Waals surface area contributed by atoms with E-state index in [-0.39, 0.29) is 11.7 Å². The molecule has 0 heterocycles. The first kappa shape index (κ1) is 13.3. The Kier molecular flexibility index (Phi) is 3.59. The van der Waals surface area contributed by atoms with Gasteiger partial charge in [-0.3, -0.25) is 0 Å². The van der Waals surface area contributed by atoms with Crippen LogP contribution in [0.1, 0.15) is 29.6 Å². The molecule has 0 aliphatic heterocycles. The summed E-state index contributed by atoms with van der Waals surface area (Å²) in [6, 6.07) is 2.94. The second kappa shape index (κ2) is 4.85. The number of rotatable bonds is 3. The molecule has 0 aromatic heterocycles. The van der Waals surface area contributed by atoms with Gasteiger partial charge in [0.15, 0.2) is 0 Å². The Morgan fingerprint density at radius 1 is 1.39 bits per heavy atom. The first-order valence-corrected chi connectivity index (χ1v) is 7.64. The second-order valence-corrected chi connectivity index (χ2v) is 6.58. The molecule has 4 nitrogen and oxygen atoms in total. The molecule has 0 spiro atoms. The first-order chi connectivity index (χ1) is 8.38. The van der Waals surface area contributed by atoms with E-state index in [1.807, 2.05) is 0 Å². The molecule has 0 saturated heterocycles. The van der Waals surface area contributed by atoms with Crippen LogP contribution < -0.4 is 0 Å². The molecule has 1 fully saturated rings. The van der Waals surface area contributed by atoms with E-state index in [0.717, 1.165) is 31.4 Å². The van der Waals surface area contributed by atoms with Gasteiger partial charge in [-0.15, -0.1) is 0 Å². The van der Waals surface area contributed by atoms with Gasteiger partial charge in [0.2, 0.25) is 0 Å². The van der Waals surface area contributed by atoms with Crippen molar-refractivity contribution in [1.82, 2.24) is 0 Å². The number of hydrogen-bond acceptors (Lipinski definition) is 4. The van der Waals surface area contributed by atoms with E-state index < -0.39 is 25.7 Å². The Hall–Kier alpha value is -1.14. The van der Waals surface area contributed by atoms with Gasteiger partial charge in [0, 0.05) is 10.7 Å². The summed E-state index contributed by atoms with van der Waals surface area (Å²) in [5.74, 6) is -1.66. The van der Waals surface area contributed by atoms with Crippen molar-refractivity contribution in [3.8, 4) is 0 Å². The molecule has 98 valence electrons. The fourth-order valence-electron chi connectivity index (χ4n) is 1.53. The molecule has 7 heteroatoms. The van der Waals surface area contributed by atoms with Crippen molar-refractivity contribution in [3.63, 3.8) is 0 Å². The summed E-state index contributed by atoms with van der Waals surface area (Å²) in [5.41, 5.74) is -0.0254. The van der Waals surface area contributed by atoms with Crippen molar-refractivity contribution in [2.75, 3.05) is 0 Å². The lowest BCUT2D eigenvalue weighted by Gasteiger charge is -2.25. The van der Waals surface area contributed by atoms with E-state index in [2.05, 4.69) is 0 Å². The van der Waals surface area contributed by atoms with Gasteiger partial charge in [-0.1, -0.05) is 0 Å². The molecule has 0 bridgehead atoms. The highest BCUT2D eigenvalue weighted by Crippen LogP contribution is 2.25. The highest BCUT2D eigenvalue weighted by Gasteiger charge is 2.24. The minimum Gasteiger partial charge on any atom is -0.459 e. The molecule has 1 aromatic rings. The molecule has 1 aliphatic carbocycles. The van der Waals surface area contributed by atoms with Gasteiger partial charge in [0.1, 0.15) is 16.8 Å². The zero-order chi connectivity index (χ0) is 13.3. The van der Waals surface area contributed by atoms with E-state index in [4.69, 9.17) is 15.4 Å². The van der Waals surface area contributed by atoms with Crippen LogP contribution in [0.4, 0.5) is 4.39 Å². The number of halogens is 2. The smallest absolute Gasteiger partial charge is 0.338 e. The van der Waals surface area contributed by atoms with Crippen LogP contribution in [-0.2, 0) is 13.8 Å². The quantitative estimate of drug-likeness (QED) is 0.634. The van der Waals surface area contributed by atoms with Crippen molar-refractivity contribution in [3.05, 3.63) is 29.6 Å². The van der Waals surface area contributed by atoms with E-state index in [1.165, 1.54) is 6.07 Å². The Bertz CT molecular complexity index is 581. The third-order valence-corrected chi connectivity index (χ3v) is 4.09. The average molecular weight is 293 g/mol. The Morgan fingerprint density at radius 2 is 2.06 bits per heavy atom. The zero-order valence-corrected chi connectivity index (χ0v) is 10.8. The molecule has 0 radical (unpaired) electrons. The van der Waals surface area contributed by atoms with E-state index >= 15 is 0 Å². The van der Waals surface area contributed by atoms with Crippen molar-refractivity contribution in [2.24, 2.45) is 0 Å². The largest absolute Gasteiger partial charge is 0.459 e. The van der Waals surface area contributed by atoms with Crippen molar-refractivity contribution >= 4 is 25.7 Å². The van der Waals surface area contributed by atoms with Gasteiger partial charge in [0.05, 0.1) is 5.56 Å². The summed E-state index contributed by atoms with van der Waals surface area (Å²) in [5, 5.41) is 0. The number of hydrogen-bond donors (Lipinski definition) is 0. The maximum absolute atomic E-state index is 13.3. The molecular weight excluding hydrogens is 283 g/mol. The van der Waals surface area contributed by atoms with Gasteiger partial charge in [0.25, 0.3) is 9.05 Å². The predicted molar refractivity (Wildman–Crippen MR) is 62.5 cm³/mol. The highest BCUT2D eigenvalue weighted by atomic mass is 35.7. The molecule has 0 atom stereocenters. The van der Waals surface area contributed by atoms with Gasteiger partial charge >= 0.3 is 5.97 Å². The molecule has 2 rings (SSSR count). The third-order valence-electron chi connectivity index (χ3n) is 2.76. The van der Waals surface area contributed by atoms with Crippen LogP contribution in [-0.4, -0.2) is 20.5 Å². The monoisotopic (exact) mass is 292 g/mol. The fraction of sp³-hybridized carbons (Fsp3) is 0.364. The number of esters is 1. The van der Waals surface area contributed by atoms with Gasteiger partial charge in [-0.2, -0.15) is 0 Å². The third kappa shape index (κ3) is 2.81. The Morgan fingerprint density at radius 3 is 2.56 bits per heavy atom. The fourth-order valence-corrected chi connectivity index (χ4v) is 2.45. The van der Waals surface area contributed by atoms with Gasteiger partial charge < -0.3 is 4.74 Å². The van der Waals surface area contributed by atoms with Crippen LogP contribution in [0.3, 0.4) is 0 Å². The topological polar surface area (TPSA) is 60.4 Å². The summed E-state index contributed by atoms with van der Waals surface area (Å²) < 4.78 is 40.5. The summed E-state index contributed by atoms with van der Waals surface area (Å²) in [4.78, 5) is 10.9. The maximum atomic E-state index is 13.3. The molecular formula is C11H10ClFO4S. The lowest BCUT2D eigenvalue weighted by molar-refractivity contribution is 0.00897. The SMILES string of the molecule is O=C(OC1CCC1)c1ccc(F)c(S(=O)(=O)Cl)c1.